The lowest BCUT2D eigenvalue weighted by Gasteiger charge is -2.35. The number of rotatable bonds is 2. The molecule has 0 fully saturated rings. The SMILES string of the molecule is O=C1C[C@@H](c2ccco2)CC2=C1[C@@H](c1ccc(F)c(Br)c1)c1c([nH]c(=O)[nH]c1=O)N2. The van der Waals surface area contributed by atoms with Crippen molar-refractivity contribution < 1.29 is 13.6 Å². The number of H-pyrrole nitrogens is 2. The predicted octanol–water partition coefficient (Wildman–Crippen LogP) is 3.52. The molecule has 0 bridgehead atoms. The van der Waals surface area contributed by atoms with Gasteiger partial charge in [-0.3, -0.25) is 19.6 Å². The van der Waals surface area contributed by atoms with Gasteiger partial charge >= 0.3 is 5.69 Å². The van der Waals surface area contributed by atoms with Crippen molar-refractivity contribution in [2.45, 2.75) is 24.7 Å². The van der Waals surface area contributed by atoms with Crippen molar-refractivity contribution in [3.8, 4) is 0 Å². The fourth-order valence-corrected chi connectivity index (χ4v) is 4.70. The van der Waals surface area contributed by atoms with E-state index in [0.717, 1.165) is 0 Å². The van der Waals surface area contributed by atoms with E-state index in [2.05, 4.69) is 31.2 Å². The summed E-state index contributed by atoms with van der Waals surface area (Å²) in [5.41, 5.74) is 0.601. The summed E-state index contributed by atoms with van der Waals surface area (Å²) in [6, 6.07) is 7.96. The molecule has 0 spiro atoms. The van der Waals surface area contributed by atoms with Crippen molar-refractivity contribution in [2.75, 3.05) is 5.32 Å². The number of halogens is 2. The number of aromatic nitrogens is 2. The monoisotopic (exact) mass is 471 g/mol. The molecule has 30 heavy (non-hydrogen) atoms. The predicted molar refractivity (Wildman–Crippen MR) is 110 cm³/mol. The summed E-state index contributed by atoms with van der Waals surface area (Å²) in [6.45, 7) is 0. The van der Waals surface area contributed by atoms with Crippen LogP contribution in [0.1, 0.15) is 41.6 Å². The Labute approximate surface area is 177 Å². The zero-order chi connectivity index (χ0) is 21.0. The number of hydrogen-bond acceptors (Lipinski definition) is 5. The van der Waals surface area contributed by atoms with Gasteiger partial charge in [0.2, 0.25) is 0 Å². The van der Waals surface area contributed by atoms with Crippen LogP contribution in [0.3, 0.4) is 0 Å². The number of ketones is 1. The van der Waals surface area contributed by atoms with E-state index < -0.39 is 23.0 Å². The number of aromatic amines is 2. The number of furan rings is 1. The Morgan fingerprint density at radius 3 is 2.67 bits per heavy atom. The first-order valence-electron chi connectivity index (χ1n) is 9.30. The van der Waals surface area contributed by atoms with Gasteiger partial charge in [-0.15, -0.1) is 0 Å². The van der Waals surface area contributed by atoms with Gasteiger partial charge in [-0.25, -0.2) is 9.18 Å². The summed E-state index contributed by atoms with van der Waals surface area (Å²) in [6.07, 6.45) is 2.26. The van der Waals surface area contributed by atoms with E-state index >= 15 is 0 Å². The Kier molecular flexibility index (Phi) is 4.35. The highest BCUT2D eigenvalue weighted by molar-refractivity contribution is 9.10. The molecule has 2 aromatic heterocycles. The highest BCUT2D eigenvalue weighted by Crippen LogP contribution is 2.46. The van der Waals surface area contributed by atoms with Crippen molar-refractivity contribution in [3.05, 3.63) is 95.9 Å². The topological polar surface area (TPSA) is 108 Å². The fraction of sp³-hybridized carbons (Fsp3) is 0.190. The van der Waals surface area contributed by atoms with Crippen LogP contribution in [0, 0.1) is 5.82 Å². The van der Waals surface area contributed by atoms with Gasteiger partial charge in [0, 0.05) is 29.5 Å². The van der Waals surface area contributed by atoms with Crippen LogP contribution < -0.4 is 16.6 Å². The van der Waals surface area contributed by atoms with Gasteiger partial charge < -0.3 is 9.73 Å². The average Bonchev–Trinajstić information content (AvgIpc) is 3.23. The Balaban J connectivity index is 1.72. The van der Waals surface area contributed by atoms with E-state index in [1.165, 1.54) is 6.07 Å². The van der Waals surface area contributed by atoms with Crippen LogP contribution in [-0.2, 0) is 4.79 Å². The van der Waals surface area contributed by atoms with Crippen LogP contribution in [0.4, 0.5) is 10.2 Å². The number of benzene rings is 1. The smallest absolute Gasteiger partial charge is 0.327 e. The Hall–Kier alpha value is -3.20. The molecule has 9 heteroatoms. The minimum atomic E-state index is -0.737. The molecule has 1 aromatic carbocycles. The van der Waals surface area contributed by atoms with Gasteiger partial charge in [0.1, 0.15) is 17.4 Å². The second kappa shape index (κ2) is 6.94. The quantitative estimate of drug-likeness (QED) is 0.529. The summed E-state index contributed by atoms with van der Waals surface area (Å²) in [7, 11) is 0. The molecule has 2 atom stereocenters. The second-order valence-corrected chi connectivity index (χ2v) is 8.22. The molecular formula is C21H15BrFN3O4. The van der Waals surface area contributed by atoms with Crippen LogP contribution >= 0.6 is 15.9 Å². The Bertz CT molecular complexity index is 1320. The number of hydrogen-bond donors (Lipinski definition) is 3. The Morgan fingerprint density at radius 2 is 1.93 bits per heavy atom. The van der Waals surface area contributed by atoms with Crippen molar-refractivity contribution in [2.24, 2.45) is 0 Å². The third-order valence-corrected chi connectivity index (χ3v) is 6.17. The third-order valence-electron chi connectivity index (χ3n) is 5.56. The van der Waals surface area contributed by atoms with E-state index in [4.69, 9.17) is 4.42 Å². The first kappa shape index (κ1) is 18.8. The molecule has 5 rings (SSSR count). The summed E-state index contributed by atoms with van der Waals surface area (Å²) < 4.78 is 19.6. The van der Waals surface area contributed by atoms with Gasteiger partial charge in [0.15, 0.2) is 5.78 Å². The van der Waals surface area contributed by atoms with Gasteiger partial charge in [-0.2, -0.15) is 0 Å². The van der Waals surface area contributed by atoms with E-state index in [0.29, 0.717) is 29.0 Å². The van der Waals surface area contributed by atoms with E-state index in [-0.39, 0.29) is 34.0 Å². The summed E-state index contributed by atoms with van der Waals surface area (Å²) >= 11 is 3.17. The van der Waals surface area contributed by atoms with Crippen LogP contribution in [0.2, 0.25) is 0 Å². The summed E-state index contributed by atoms with van der Waals surface area (Å²) in [5, 5.41) is 3.08. The normalized spacial score (nSPS) is 20.5. The molecule has 152 valence electrons. The van der Waals surface area contributed by atoms with E-state index in [1.54, 1.807) is 24.5 Å². The summed E-state index contributed by atoms with van der Waals surface area (Å²) in [4.78, 5) is 42.7. The zero-order valence-corrected chi connectivity index (χ0v) is 17.0. The molecule has 1 aliphatic heterocycles. The number of allylic oxidation sites excluding steroid dienone is 2. The van der Waals surface area contributed by atoms with Gasteiger partial charge in [-0.05, 0) is 52.2 Å². The number of carbonyl (C=O) groups excluding carboxylic acids is 1. The molecule has 1 aliphatic carbocycles. The third kappa shape index (κ3) is 2.97. The lowest BCUT2D eigenvalue weighted by Crippen LogP contribution is -2.37. The van der Waals surface area contributed by atoms with E-state index in [1.807, 2.05) is 6.07 Å². The maximum atomic E-state index is 13.8. The molecule has 2 aliphatic rings. The number of anilines is 1. The number of carbonyl (C=O) groups is 1. The van der Waals surface area contributed by atoms with Crippen LogP contribution in [0.15, 0.2) is 66.3 Å². The first-order chi connectivity index (χ1) is 14.4. The molecule has 0 saturated carbocycles. The lowest BCUT2D eigenvalue weighted by atomic mass is 9.73. The summed E-state index contributed by atoms with van der Waals surface area (Å²) in [5.74, 6) is -0.547. The molecule has 0 saturated heterocycles. The standard InChI is InChI=1S/C21H15BrFN3O4/c22-11-6-9(3-4-12(11)23)16-17-13(24-19-18(16)20(28)26-21(29)25-19)7-10(8-14(17)27)15-2-1-5-30-15/h1-6,10,16H,7-8H2,(H3,24,25,26,28,29)/t10-,16+/m0/s1. The molecular weight excluding hydrogens is 457 g/mol. The van der Waals surface area contributed by atoms with Crippen molar-refractivity contribution in [1.82, 2.24) is 9.97 Å². The van der Waals surface area contributed by atoms with Gasteiger partial charge in [-0.1, -0.05) is 6.07 Å². The van der Waals surface area contributed by atoms with Crippen molar-refractivity contribution in [3.63, 3.8) is 0 Å². The van der Waals surface area contributed by atoms with Crippen LogP contribution in [-0.4, -0.2) is 15.8 Å². The van der Waals surface area contributed by atoms with Crippen LogP contribution in [0.5, 0.6) is 0 Å². The first-order valence-corrected chi connectivity index (χ1v) is 10.1. The largest absolute Gasteiger partial charge is 0.469 e. The van der Waals surface area contributed by atoms with Crippen molar-refractivity contribution in [1.29, 1.82) is 0 Å². The highest BCUT2D eigenvalue weighted by Gasteiger charge is 2.40. The van der Waals surface area contributed by atoms with Gasteiger partial charge in [0.05, 0.1) is 16.3 Å². The van der Waals surface area contributed by atoms with E-state index in [9.17, 15) is 18.8 Å². The minimum Gasteiger partial charge on any atom is -0.469 e. The molecule has 0 radical (unpaired) electrons. The second-order valence-electron chi connectivity index (χ2n) is 7.36. The van der Waals surface area contributed by atoms with Crippen molar-refractivity contribution >= 4 is 27.5 Å². The molecule has 3 aromatic rings. The molecule has 7 nitrogen and oxygen atoms in total. The average molecular weight is 472 g/mol. The molecule has 3 N–H and O–H groups in total. The number of nitrogens with one attached hydrogen (secondary N) is 3. The fourth-order valence-electron chi connectivity index (χ4n) is 4.30. The Morgan fingerprint density at radius 1 is 1.10 bits per heavy atom. The lowest BCUT2D eigenvalue weighted by molar-refractivity contribution is -0.116. The maximum absolute atomic E-state index is 13.8. The minimum absolute atomic E-state index is 0.133. The highest BCUT2D eigenvalue weighted by atomic mass is 79.9. The number of Topliss-reactive ketones (excluding diaryl/α,β-unsaturated/α-hetero) is 1. The molecule has 0 amide bonds. The molecule has 3 heterocycles. The maximum Gasteiger partial charge on any atom is 0.327 e. The zero-order valence-electron chi connectivity index (χ0n) is 15.4. The van der Waals surface area contributed by atoms with Gasteiger partial charge in [0.25, 0.3) is 5.56 Å². The molecule has 0 unspecified atom stereocenters. The number of fused-ring (bicyclic) bond motifs is 1. The van der Waals surface area contributed by atoms with Crippen LogP contribution in [0.25, 0.3) is 0 Å².